The van der Waals surface area contributed by atoms with E-state index in [9.17, 15) is 0 Å². The molecule has 5 rings (SSSR count). The molecule has 0 saturated heterocycles. The van der Waals surface area contributed by atoms with Gasteiger partial charge in [-0.3, -0.25) is 0 Å². The molecule has 0 heteroatoms. The van der Waals surface area contributed by atoms with Gasteiger partial charge in [0, 0.05) is 10.8 Å². The summed E-state index contributed by atoms with van der Waals surface area (Å²) in [6, 6.07) is 13.9. The molecular weight excluding hydrogens is 480 g/mol. The third-order valence-electron chi connectivity index (χ3n) is 12.3. The molecule has 0 unspecified atom stereocenters. The molecule has 210 valence electrons. The monoisotopic (exact) mass is 530 g/mol. The molecule has 5 atom stereocenters. The number of allylic oxidation sites excluding steroid dienone is 7. The normalized spacial score (nSPS) is 31.8. The number of aryl methyl sites for hydroxylation is 1. The predicted octanol–water partition coefficient (Wildman–Crippen LogP) is 11.8. The van der Waals surface area contributed by atoms with E-state index in [0.717, 1.165) is 12.0 Å². The summed E-state index contributed by atoms with van der Waals surface area (Å²) in [7, 11) is 0. The minimum Gasteiger partial charge on any atom is -0.0955 e. The lowest BCUT2D eigenvalue weighted by Gasteiger charge is -2.67. The molecule has 0 spiro atoms. The van der Waals surface area contributed by atoms with Crippen LogP contribution in [0.3, 0.4) is 0 Å². The van der Waals surface area contributed by atoms with Gasteiger partial charge in [-0.1, -0.05) is 121 Å². The van der Waals surface area contributed by atoms with Crippen molar-refractivity contribution in [1.82, 2.24) is 0 Å². The molecule has 0 aliphatic heterocycles. The average molecular weight is 531 g/mol. The molecule has 0 heterocycles. The second kappa shape index (κ2) is 9.07. The zero-order chi connectivity index (χ0) is 29.7. The van der Waals surface area contributed by atoms with Gasteiger partial charge in [0.15, 0.2) is 0 Å². The molecular formula is C40H50. The zero-order valence-electron chi connectivity index (χ0n) is 27.0. The molecule has 0 aromatic heterocycles. The molecule has 40 heavy (non-hydrogen) atoms. The van der Waals surface area contributed by atoms with Gasteiger partial charge in [0.25, 0.3) is 0 Å². The molecule has 0 bridgehead atoms. The third kappa shape index (κ3) is 3.38. The van der Waals surface area contributed by atoms with Crippen LogP contribution in [-0.4, -0.2) is 0 Å². The van der Waals surface area contributed by atoms with Crippen molar-refractivity contribution < 1.29 is 0 Å². The van der Waals surface area contributed by atoms with Crippen LogP contribution in [0, 0.1) is 29.1 Å². The van der Waals surface area contributed by atoms with Gasteiger partial charge in [0.2, 0.25) is 0 Å². The van der Waals surface area contributed by atoms with E-state index in [1.807, 2.05) is 0 Å². The highest BCUT2D eigenvalue weighted by Gasteiger charge is 2.65. The van der Waals surface area contributed by atoms with Crippen molar-refractivity contribution in [3.63, 3.8) is 0 Å². The highest BCUT2D eigenvalue weighted by molar-refractivity contribution is 5.91. The lowest BCUT2D eigenvalue weighted by molar-refractivity contribution is -0.0260. The Morgan fingerprint density at radius 3 is 2.08 bits per heavy atom. The molecule has 2 aromatic carbocycles. The first-order chi connectivity index (χ1) is 18.5. The van der Waals surface area contributed by atoms with Crippen molar-refractivity contribution in [2.24, 2.45) is 22.2 Å². The molecule has 0 saturated carbocycles. The van der Waals surface area contributed by atoms with E-state index in [-0.39, 0.29) is 16.2 Å². The molecule has 0 radical (unpaired) electrons. The largest absolute Gasteiger partial charge is 0.0955 e. The van der Waals surface area contributed by atoms with Crippen LogP contribution in [-0.2, 0) is 0 Å². The molecule has 2 aromatic rings. The van der Waals surface area contributed by atoms with E-state index in [4.69, 9.17) is 13.2 Å². The number of hydrogen-bond acceptors (Lipinski definition) is 0. The minimum atomic E-state index is -0.159. The van der Waals surface area contributed by atoms with Gasteiger partial charge in [0.1, 0.15) is 0 Å². The van der Waals surface area contributed by atoms with Crippen molar-refractivity contribution in [2.45, 2.75) is 94.4 Å². The van der Waals surface area contributed by atoms with Crippen LogP contribution in [0.2, 0.25) is 0 Å². The minimum absolute atomic E-state index is 0.0321. The fourth-order valence-electron chi connectivity index (χ4n) is 9.51. The highest BCUT2D eigenvalue weighted by Crippen LogP contribution is 2.74. The second-order valence-corrected chi connectivity index (χ2v) is 14.3. The Morgan fingerprint density at radius 2 is 1.52 bits per heavy atom. The SMILES string of the molecule is C=C(C)C1=C(C)C[C@@]2(C)[C@H](C)[C@]3(C)C(=C(C)[C@@]2(C)C1=C)C(=C)c1c(C)ccc(-c2ccc(C(C)C)cc2)c1[C@H]3C. The Bertz CT molecular complexity index is 1530. The summed E-state index contributed by atoms with van der Waals surface area (Å²) in [5, 5.41) is 0. The molecule has 3 aliphatic carbocycles. The van der Waals surface area contributed by atoms with Crippen LogP contribution in [0.4, 0.5) is 0 Å². The quantitative estimate of drug-likeness (QED) is 0.370. The number of benzene rings is 2. The average Bonchev–Trinajstić information content (AvgIpc) is 2.89. The zero-order valence-corrected chi connectivity index (χ0v) is 27.0. The van der Waals surface area contributed by atoms with E-state index in [1.54, 1.807) is 0 Å². The van der Waals surface area contributed by atoms with E-state index >= 15 is 0 Å². The van der Waals surface area contributed by atoms with Crippen molar-refractivity contribution in [3.05, 3.63) is 112 Å². The van der Waals surface area contributed by atoms with E-state index in [2.05, 4.69) is 119 Å². The Kier molecular flexibility index (Phi) is 6.50. The van der Waals surface area contributed by atoms with Crippen molar-refractivity contribution in [3.8, 4) is 11.1 Å². The summed E-state index contributed by atoms with van der Waals surface area (Å²) in [6.45, 7) is 40.3. The first kappa shape index (κ1) is 28.7. The van der Waals surface area contributed by atoms with Gasteiger partial charge in [0.05, 0.1) is 0 Å². The van der Waals surface area contributed by atoms with Gasteiger partial charge in [-0.05, 0) is 113 Å². The number of hydrogen-bond donors (Lipinski definition) is 0. The Labute approximate surface area is 244 Å². The third-order valence-corrected chi connectivity index (χ3v) is 12.3. The van der Waals surface area contributed by atoms with Gasteiger partial charge < -0.3 is 0 Å². The molecule has 0 amide bonds. The summed E-state index contributed by atoms with van der Waals surface area (Å²) >= 11 is 0. The Hall–Kier alpha value is -2.86. The van der Waals surface area contributed by atoms with Crippen molar-refractivity contribution in [1.29, 1.82) is 0 Å². The lowest BCUT2D eigenvalue weighted by Crippen LogP contribution is -2.58. The summed E-state index contributed by atoms with van der Waals surface area (Å²) in [6.07, 6.45) is 1.06. The summed E-state index contributed by atoms with van der Waals surface area (Å²) < 4.78 is 0. The highest BCUT2D eigenvalue weighted by atomic mass is 14.7. The first-order valence-electron chi connectivity index (χ1n) is 15.3. The van der Waals surface area contributed by atoms with Gasteiger partial charge >= 0.3 is 0 Å². The van der Waals surface area contributed by atoms with Crippen LogP contribution in [0.5, 0.6) is 0 Å². The topological polar surface area (TPSA) is 0 Å². The standard InChI is InChI=1S/C40H50/c1-22(2)31-16-18-32(19-17-31)33-20-15-24(5)35-26(7)37-29(10)40(14)28(9)34(23(3)4)25(6)21-38(40,12)30(11)39(37,13)27(8)36(33)35/h15-20,22,27,30H,3,7,9,21H2,1-2,4-6,8,10-14H3/t27-,30+,38+,39-,40-/m1/s1. The van der Waals surface area contributed by atoms with E-state index in [1.165, 1.54) is 66.8 Å². The molecule has 0 fully saturated rings. The van der Waals surface area contributed by atoms with Crippen LogP contribution in [0.25, 0.3) is 16.7 Å². The predicted molar refractivity (Wildman–Crippen MR) is 176 cm³/mol. The Balaban J connectivity index is 1.81. The summed E-state index contributed by atoms with van der Waals surface area (Å²) in [5.41, 5.74) is 17.3. The first-order valence-corrected chi connectivity index (χ1v) is 15.3. The van der Waals surface area contributed by atoms with Gasteiger partial charge in [-0.25, -0.2) is 0 Å². The van der Waals surface area contributed by atoms with E-state index < -0.39 is 0 Å². The van der Waals surface area contributed by atoms with Crippen LogP contribution in [0.1, 0.15) is 110 Å². The van der Waals surface area contributed by atoms with Gasteiger partial charge in [-0.15, -0.1) is 0 Å². The Morgan fingerprint density at radius 1 is 0.925 bits per heavy atom. The maximum Gasteiger partial charge on any atom is 0.0196 e. The second-order valence-electron chi connectivity index (χ2n) is 14.3. The van der Waals surface area contributed by atoms with Crippen molar-refractivity contribution in [2.75, 3.05) is 0 Å². The number of rotatable bonds is 3. The molecule has 0 N–H and O–H groups in total. The molecule has 0 nitrogen and oxygen atoms in total. The van der Waals surface area contributed by atoms with Crippen molar-refractivity contribution >= 4 is 5.57 Å². The lowest BCUT2D eigenvalue weighted by atomic mass is 9.36. The van der Waals surface area contributed by atoms with Gasteiger partial charge in [-0.2, -0.15) is 0 Å². The summed E-state index contributed by atoms with van der Waals surface area (Å²) in [4.78, 5) is 0. The maximum atomic E-state index is 4.91. The van der Waals surface area contributed by atoms with Crippen LogP contribution in [0.15, 0.2) is 89.6 Å². The summed E-state index contributed by atoms with van der Waals surface area (Å²) in [5.74, 6) is 1.29. The fourth-order valence-corrected chi connectivity index (χ4v) is 9.51. The van der Waals surface area contributed by atoms with Crippen LogP contribution < -0.4 is 0 Å². The van der Waals surface area contributed by atoms with E-state index in [0.29, 0.717) is 17.8 Å². The number of fused-ring (bicyclic) bond motifs is 3. The molecule has 3 aliphatic rings. The van der Waals surface area contributed by atoms with Crippen LogP contribution >= 0.6 is 0 Å². The fraction of sp³-hybridized carbons (Fsp3) is 0.450. The maximum absolute atomic E-state index is 4.91. The smallest absolute Gasteiger partial charge is 0.0196 e.